The monoisotopic (exact) mass is 256 g/mol. The van der Waals surface area contributed by atoms with Gasteiger partial charge < -0.3 is 4.90 Å². The molecule has 0 saturated carbocycles. The van der Waals surface area contributed by atoms with Gasteiger partial charge in [-0.2, -0.15) is 0 Å². The third-order valence-corrected chi connectivity index (χ3v) is 4.27. The molecule has 1 aromatic rings. The van der Waals surface area contributed by atoms with Crippen LogP contribution in [0.5, 0.6) is 0 Å². The quantitative estimate of drug-likeness (QED) is 0.754. The summed E-state index contributed by atoms with van der Waals surface area (Å²) in [6.07, 6.45) is 4.59. The molecule has 0 bridgehead atoms. The smallest absolute Gasteiger partial charge is 0.0826 e. The predicted molar refractivity (Wildman–Crippen MR) is 81.1 cm³/mol. The van der Waals surface area contributed by atoms with Crippen molar-refractivity contribution in [2.75, 3.05) is 7.05 Å². The van der Waals surface area contributed by atoms with Gasteiger partial charge in [0.15, 0.2) is 0 Å². The maximum absolute atomic E-state index is 4.66. The molecule has 0 saturated heterocycles. The largest absolute Gasteiger partial charge is 0.367 e. The van der Waals surface area contributed by atoms with Gasteiger partial charge in [-0.3, -0.25) is 4.98 Å². The van der Waals surface area contributed by atoms with E-state index in [1.807, 2.05) is 0 Å². The summed E-state index contributed by atoms with van der Waals surface area (Å²) < 4.78 is 0. The summed E-state index contributed by atoms with van der Waals surface area (Å²) in [4.78, 5) is 6.95. The molecule has 0 aliphatic carbocycles. The zero-order chi connectivity index (χ0) is 14.4. The minimum atomic E-state index is -0.113. The lowest BCUT2D eigenvalue weighted by atomic mass is 9.82. The lowest BCUT2D eigenvalue weighted by molar-refractivity contribution is 0.254. The average Bonchev–Trinajstić information content (AvgIpc) is 2.25. The van der Waals surface area contributed by atoms with E-state index in [4.69, 9.17) is 0 Å². The summed E-state index contributed by atoms with van der Waals surface area (Å²) in [5, 5.41) is 0. The molecule has 2 heterocycles. The molecule has 102 valence electrons. The fourth-order valence-corrected chi connectivity index (χ4v) is 3.20. The highest BCUT2D eigenvalue weighted by molar-refractivity contribution is 5.45. The second kappa shape index (κ2) is 4.52. The molecular weight excluding hydrogens is 232 g/mol. The molecule has 0 spiro atoms. The first-order valence-corrected chi connectivity index (χ1v) is 6.82. The molecule has 0 N–H and O–H groups in total. The fourth-order valence-electron chi connectivity index (χ4n) is 3.20. The van der Waals surface area contributed by atoms with E-state index in [-0.39, 0.29) is 5.54 Å². The number of aryl methyl sites for hydroxylation is 3. The molecule has 1 atom stereocenters. The van der Waals surface area contributed by atoms with Crippen molar-refractivity contribution in [2.45, 2.75) is 47.1 Å². The molecule has 1 aliphatic heterocycles. The van der Waals surface area contributed by atoms with Gasteiger partial charge in [0, 0.05) is 30.2 Å². The predicted octanol–water partition coefficient (Wildman–Crippen LogP) is 4.02. The summed E-state index contributed by atoms with van der Waals surface area (Å²) >= 11 is 0. The number of pyridine rings is 1. The van der Waals surface area contributed by atoms with Gasteiger partial charge in [-0.1, -0.05) is 6.08 Å². The Morgan fingerprint density at radius 2 is 1.68 bits per heavy atom. The average molecular weight is 256 g/mol. The molecule has 0 radical (unpaired) electrons. The van der Waals surface area contributed by atoms with Crippen LogP contribution in [-0.2, 0) is 5.54 Å². The molecule has 2 nitrogen and oxygen atoms in total. The first-order valence-electron chi connectivity index (χ1n) is 6.82. The van der Waals surface area contributed by atoms with E-state index in [2.05, 4.69) is 76.8 Å². The second-order valence-electron chi connectivity index (χ2n) is 5.94. The molecule has 2 heteroatoms. The topological polar surface area (TPSA) is 16.1 Å². The lowest BCUT2D eigenvalue weighted by Crippen LogP contribution is -2.40. The van der Waals surface area contributed by atoms with Crippen LogP contribution in [0.3, 0.4) is 0 Å². The van der Waals surface area contributed by atoms with Crippen LogP contribution in [0.15, 0.2) is 29.5 Å². The highest BCUT2D eigenvalue weighted by Crippen LogP contribution is 2.38. The lowest BCUT2D eigenvalue weighted by Gasteiger charge is -2.41. The minimum Gasteiger partial charge on any atom is -0.367 e. The van der Waals surface area contributed by atoms with Crippen molar-refractivity contribution in [3.05, 3.63) is 52.0 Å². The molecule has 1 unspecified atom stereocenters. The summed E-state index contributed by atoms with van der Waals surface area (Å²) in [7, 11) is 2.14. The van der Waals surface area contributed by atoms with Crippen molar-refractivity contribution in [1.82, 2.24) is 9.88 Å². The van der Waals surface area contributed by atoms with Gasteiger partial charge in [-0.25, -0.2) is 0 Å². The van der Waals surface area contributed by atoms with Crippen LogP contribution in [0.1, 0.15) is 43.3 Å². The van der Waals surface area contributed by atoms with E-state index < -0.39 is 0 Å². The van der Waals surface area contributed by atoms with Gasteiger partial charge in [-0.05, 0) is 64.3 Å². The van der Waals surface area contributed by atoms with E-state index in [9.17, 15) is 0 Å². The number of rotatable bonds is 1. The van der Waals surface area contributed by atoms with Gasteiger partial charge in [0.05, 0.1) is 5.54 Å². The minimum absolute atomic E-state index is 0.113. The maximum atomic E-state index is 4.66. The van der Waals surface area contributed by atoms with Crippen LogP contribution in [0.25, 0.3) is 0 Å². The SMILES string of the molecule is CC1=CN(C)C(C)(c2c(C)cc(C)nc2C)C=C1C. The van der Waals surface area contributed by atoms with E-state index in [1.165, 1.54) is 22.3 Å². The Morgan fingerprint density at radius 1 is 1.05 bits per heavy atom. The van der Waals surface area contributed by atoms with Gasteiger partial charge in [-0.15, -0.1) is 0 Å². The number of nitrogens with zero attached hydrogens (tertiary/aromatic N) is 2. The first kappa shape index (κ1) is 13.9. The Morgan fingerprint density at radius 3 is 2.26 bits per heavy atom. The molecule has 2 rings (SSSR count). The third-order valence-electron chi connectivity index (χ3n) is 4.27. The van der Waals surface area contributed by atoms with Crippen LogP contribution >= 0.6 is 0 Å². The summed E-state index contributed by atoms with van der Waals surface area (Å²) in [5.74, 6) is 0. The summed E-state index contributed by atoms with van der Waals surface area (Å²) in [6.45, 7) is 13.0. The van der Waals surface area contributed by atoms with E-state index >= 15 is 0 Å². The highest BCUT2D eigenvalue weighted by atomic mass is 15.2. The van der Waals surface area contributed by atoms with Gasteiger partial charge in [0.2, 0.25) is 0 Å². The van der Waals surface area contributed by atoms with E-state index in [0.717, 1.165) is 11.4 Å². The van der Waals surface area contributed by atoms with Crippen LogP contribution in [0.2, 0.25) is 0 Å². The Hall–Kier alpha value is -1.57. The standard InChI is InChI=1S/C17H24N2/c1-11-8-14(4)18-15(5)16(11)17(6)9-12(2)13(3)10-19(17)7/h8-10H,1-7H3. The van der Waals surface area contributed by atoms with Gasteiger partial charge >= 0.3 is 0 Å². The zero-order valence-corrected chi connectivity index (χ0v) is 13.1. The number of hydrogen-bond acceptors (Lipinski definition) is 2. The third kappa shape index (κ3) is 2.20. The van der Waals surface area contributed by atoms with Crippen LogP contribution < -0.4 is 0 Å². The van der Waals surface area contributed by atoms with Crippen molar-refractivity contribution in [3.63, 3.8) is 0 Å². The van der Waals surface area contributed by atoms with Crippen molar-refractivity contribution in [2.24, 2.45) is 0 Å². The molecule has 0 amide bonds. The van der Waals surface area contributed by atoms with Gasteiger partial charge in [0.1, 0.15) is 0 Å². The maximum Gasteiger partial charge on any atom is 0.0826 e. The summed E-state index contributed by atoms with van der Waals surface area (Å²) in [6, 6.07) is 2.18. The molecule has 0 aromatic carbocycles. The second-order valence-corrected chi connectivity index (χ2v) is 5.94. The number of aromatic nitrogens is 1. The van der Waals surface area contributed by atoms with E-state index in [0.29, 0.717) is 0 Å². The molecule has 1 aromatic heterocycles. The van der Waals surface area contributed by atoms with Crippen molar-refractivity contribution in [3.8, 4) is 0 Å². The number of hydrogen-bond donors (Lipinski definition) is 0. The molecular formula is C17H24N2. The summed E-state index contributed by atoms with van der Waals surface area (Å²) in [5.41, 5.74) is 7.42. The fraction of sp³-hybridized carbons (Fsp3) is 0.471. The molecule has 1 aliphatic rings. The Kier molecular flexibility index (Phi) is 3.29. The Balaban J connectivity index is 2.65. The zero-order valence-electron chi connectivity index (χ0n) is 13.1. The van der Waals surface area contributed by atoms with Crippen molar-refractivity contribution < 1.29 is 0 Å². The number of likely N-dealkylation sites (N-methyl/N-ethyl adjacent to an activating group) is 1. The van der Waals surface area contributed by atoms with Gasteiger partial charge in [0.25, 0.3) is 0 Å². The molecule has 19 heavy (non-hydrogen) atoms. The van der Waals surface area contributed by atoms with E-state index in [1.54, 1.807) is 0 Å². The first-order chi connectivity index (χ1) is 8.75. The number of allylic oxidation sites excluding steroid dienone is 2. The van der Waals surface area contributed by atoms with Crippen molar-refractivity contribution >= 4 is 0 Å². The van der Waals surface area contributed by atoms with Crippen LogP contribution in [0.4, 0.5) is 0 Å². The highest BCUT2D eigenvalue weighted by Gasteiger charge is 2.33. The normalized spacial score (nSPS) is 23.2. The van der Waals surface area contributed by atoms with Crippen LogP contribution in [0, 0.1) is 20.8 Å². The van der Waals surface area contributed by atoms with Crippen molar-refractivity contribution in [1.29, 1.82) is 0 Å². The van der Waals surface area contributed by atoms with Crippen LogP contribution in [-0.4, -0.2) is 16.9 Å². The Bertz CT molecular complexity index is 558. The molecule has 0 fully saturated rings. The Labute approximate surface area is 116 Å².